The SMILES string of the molecule is CN=C(NCCC(C)N(C)C(=O)OC(C)(C)C)NCC1(C)CCCO1.I. The summed E-state index contributed by atoms with van der Waals surface area (Å²) in [7, 11) is 3.52. The predicted octanol–water partition coefficient (Wildman–Crippen LogP) is 2.98. The number of nitrogens with one attached hydrogen (secondary N) is 2. The quantitative estimate of drug-likeness (QED) is 0.345. The molecule has 1 saturated heterocycles. The maximum Gasteiger partial charge on any atom is 0.410 e. The molecule has 7 nitrogen and oxygen atoms in total. The number of ether oxygens (including phenoxy) is 2. The van der Waals surface area contributed by atoms with Gasteiger partial charge in [0.1, 0.15) is 5.60 Å². The number of nitrogens with zero attached hydrogens (tertiary/aromatic N) is 2. The summed E-state index contributed by atoms with van der Waals surface area (Å²) >= 11 is 0. The van der Waals surface area contributed by atoms with Crippen molar-refractivity contribution in [3.05, 3.63) is 0 Å². The van der Waals surface area contributed by atoms with Crippen LogP contribution < -0.4 is 10.6 Å². The third-order valence-electron chi connectivity index (χ3n) is 4.35. The number of rotatable bonds is 6. The van der Waals surface area contributed by atoms with Crippen LogP contribution in [-0.4, -0.2) is 68.0 Å². The minimum atomic E-state index is -0.478. The van der Waals surface area contributed by atoms with E-state index < -0.39 is 5.60 Å². The molecule has 0 aromatic rings. The third kappa shape index (κ3) is 9.25. The highest BCUT2D eigenvalue weighted by Crippen LogP contribution is 2.23. The van der Waals surface area contributed by atoms with E-state index in [-0.39, 0.29) is 41.7 Å². The Balaban J connectivity index is 0.00000625. The van der Waals surface area contributed by atoms with Crippen LogP contribution in [0.25, 0.3) is 0 Å². The molecule has 8 heteroatoms. The van der Waals surface area contributed by atoms with Gasteiger partial charge < -0.3 is 25.0 Å². The smallest absolute Gasteiger partial charge is 0.410 e. The van der Waals surface area contributed by atoms with Gasteiger partial charge in [-0.2, -0.15) is 0 Å². The summed E-state index contributed by atoms with van der Waals surface area (Å²) in [6.07, 6.45) is 2.67. The molecule has 1 aliphatic rings. The zero-order chi connectivity index (χ0) is 19.1. The van der Waals surface area contributed by atoms with Crippen LogP contribution in [0.3, 0.4) is 0 Å². The van der Waals surface area contributed by atoms with Gasteiger partial charge in [-0.05, 0) is 53.9 Å². The van der Waals surface area contributed by atoms with Crippen molar-refractivity contribution in [2.45, 2.75) is 71.1 Å². The average molecular weight is 484 g/mol. The molecule has 1 heterocycles. The third-order valence-corrected chi connectivity index (χ3v) is 4.35. The van der Waals surface area contributed by atoms with Gasteiger partial charge in [-0.25, -0.2) is 4.79 Å². The molecule has 0 spiro atoms. The van der Waals surface area contributed by atoms with Crippen LogP contribution in [0.15, 0.2) is 4.99 Å². The summed E-state index contributed by atoms with van der Waals surface area (Å²) in [5.41, 5.74) is -0.588. The average Bonchev–Trinajstić information content (AvgIpc) is 2.95. The fraction of sp³-hybridized carbons (Fsp3) is 0.889. The van der Waals surface area contributed by atoms with Crippen molar-refractivity contribution in [3.8, 4) is 0 Å². The summed E-state index contributed by atoms with van der Waals surface area (Å²) in [6.45, 7) is 12.0. The number of carbonyl (C=O) groups excluding carboxylic acids is 1. The molecular formula is C18H37IN4O3. The van der Waals surface area contributed by atoms with E-state index in [1.54, 1.807) is 19.0 Å². The molecule has 0 aromatic heterocycles. The van der Waals surface area contributed by atoms with E-state index in [1.807, 2.05) is 27.7 Å². The number of aliphatic imine (C=N–C) groups is 1. The minimum absolute atomic E-state index is 0. The zero-order valence-corrected chi connectivity index (χ0v) is 19.7. The number of amides is 1. The topological polar surface area (TPSA) is 75.2 Å². The Morgan fingerprint density at radius 3 is 2.54 bits per heavy atom. The van der Waals surface area contributed by atoms with Crippen molar-refractivity contribution in [2.24, 2.45) is 4.99 Å². The van der Waals surface area contributed by atoms with E-state index in [4.69, 9.17) is 9.47 Å². The first-order chi connectivity index (χ1) is 11.6. The zero-order valence-electron chi connectivity index (χ0n) is 17.3. The van der Waals surface area contributed by atoms with Crippen molar-refractivity contribution >= 4 is 36.0 Å². The van der Waals surface area contributed by atoms with E-state index in [9.17, 15) is 4.79 Å². The lowest BCUT2D eigenvalue weighted by molar-refractivity contribution is 0.0225. The highest BCUT2D eigenvalue weighted by molar-refractivity contribution is 14.0. The molecule has 0 radical (unpaired) electrons. The first-order valence-electron chi connectivity index (χ1n) is 9.10. The predicted molar refractivity (Wildman–Crippen MR) is 116 cm³/mol. The van der Waals surface area contributed by atoms with Gasteiger partial charge in [-0.3, -0.25) is 4.99 Å². The molecular weight excluding hydrogens is 447 g/mol. The van der Waals surface area contributed by atoms with Crippen molar-refractivity contribution in [2.75, 3.05) is 33.8 Å². The van der Waals surface area contributed by atoms with Crippen LogP contribution in [0.1, 0.15) is 53.9 Å². The monoisotopic (exact) mass is 484 g/mol. The van der Waals surface area contributed by atoms with Crippen LogP contribution in [0, 0.1) is 0 Å². The Morgan fingerprint density at radius 2 is 2.04 bits per heavy atom. The summed E-state index contributed by atoms with van der Waals surface area (Å²) in [5.74, 6) is 0.754. The second-order valence-corrected chi connectivity index (χ2v) is 7.98. The van der Waals surface area contributed by atoms with Crippen LogP contribution in [0.5, 0.6) is 0 Å². The van der Waals surface area contributed by atoms with Gasteiger partial charge in [0, 0.05) is 39.8 Å². The summed E-state index contributed by atoms with van der Waals surface area (Å²) in [6, 6.07) is 0.0659. The molecule has 0 aliphatic carbocycles. The second-order valence-electron chi connectivity index (χ2n) is 7.98. The van der Waals surface area contributed by atoms with Gasteiger partial charge in [0.05, 0.1) is 5.60 Å². The van der Waals surface area contributed by atoms with Gasteiger partial charge in [0.25, 0.3) is 0 Å². The van der Waals surface area contributed by atoms with E-state index >= 15 is 0 Å². The first kappa shape index (κ1) is 25.2. The van der Waals surface area contributed by atoms with Crippen molar-refractivity contribution in [1.29, 1.82) is 0 Å². The van der Waals surface area contributed by atoms with Crippen molar-refractivity contribution in [1.82, 2.24) is 15.5 Å². The maximum atomic E-state index is 12.1. The largest absolute Gasteiger partial charge is 0.444 e. The van der Waals surface area contributed by atoms with Gasteiger partial charge in [0.2, 0.25) is 0 Å². The number of guanidine groups is 1. The van der Waals surface area contributed by atoms with E-state index in [1.165, 1.54) is 0 Å². The van der Waals surface area contributed by atoms with Crippen LogP contribution in [0.4, 0.5) is 4.79 Å². The van der Waals surface area contributed by atoms with Crippen molar-refractivity contribution < 1.29 is 14.3 Å². The Labute approximate surface area is 175 Å². The highest BCUT2D eigenvalue weighted by Gasteiger charge is 2.29. The van der Waals surface area contributed by atoms with Crippen LogP contribution in [-0.2, 0) is 9.47 Å². The molecule has 0 saturated carbocycles. The molecule has 154 valence electrons. The van der Waals surface area contributed by atoms with Crippen LogP contribution in [0.2, 0.25) is 0 Å². The molecule has 1 amide bonds. The molecule has 26 heavy (non-hydrogen) atoms. The number of halogens is 1. The Hall–Kier alpha value is -0.770. The lowest BCUT2D eigenvalue weighted by atomic mass is 10.0. The number of hydrogen-bond acceptors (Lipinski definition) is 4. The van der Waals surface area contributed by atoms with Gasteiger partial charge in [-0.15, -0.1) is 24.0 Å². The lowest BCUT2D eigenvalue weighted by Crippen LogP contribution is -2.46. The molecule has 1 aliphatic heterocycles. The molecule has 2 N–H and O–H groups in total. The summed E-state index contributed by atoms with van der Waals surface area (Å²) in [5, 5.41) is 6.61. The number of hydrogen-bond donors (Lipinski definition) is 2. The van der Waals surface area contributed by atoms with Crippen LogP contribution >= 0.6 is 24.0 Å². The maximum absolute atomic E-state index is 12.1. The Bertz CT molecular complexity index is 460. The van der Waals surface area contributed by atoms with E-state index in [0.29, 0.717) is 6.54 Å². The van der Waals surface area contributed by atoms with Gasteiger partial charge in [-0.1, -0.05) is 0 Å². The molecule has 1 fully saturated rings. The molecule has 1 rings (SSSR count). The molecule has 0 aromatic carbocycles. The minimum Gasteiger partial charge on any atom is -0.444 e. The lowest BCUT2D eigenvalue weighted by Gasteiger charge is -2.29. The molecule has 0 bridgehead atoms. The van der Waals surface area contributed by atoms with E-state index in [0.717, 1.165) is 38.4 Å². The Morgan fingerprint density at radius 1 is 1.38 bits per heavy atom. The standard InChI is InChI=1S/C18H36N4O3.HI/c1-14(22(7)16(23)25-17(2,3)4)9-11-20-15(19-6)21-13-18(5)10-8-12-24-18;/h14H,8-13H2,1-7H3,(H2,19,20,21);1H. The van der Waals surface area contributed by atoms with Gasteiger partial charge >= 0.3 is 6.09 Å². The molecule has 2 atom stereocenters. The first-order valence-corrected chi connectivity index (χ1v) is 9.10. The number of carbonyl (C=O) groups is 1. The van der Waals surface area contributed by atoms with Crippen molar-refractivity contribution in [3.63, 3.8) is 0 Å². The molecule has 2 unspecified atom stereocenters. The van der Waals surface area contributed by atoms with Gasteiger partial charge in [0.15, 0.2) is 5.96 Å². The highest BCUT2D eigenvalue weighted by atomic mass is 127. The summed E-state index contributed by atoms with van der Waals surface area (Å²) < 4.78 is 11.2. The fourth-order valence-corrected chi connectivity index (χ4v) is 2.57. The Kier molecular flexibility index (Phi) is 10.8. The fourth-order valence-electron chi connectivity index (χ4n) is 2.57. The second kappa shape index (κ2) is 11.2. The normalized spacial score (nSPS) is 21.6. The van der Waals surface area contributed by atoms with E-state index in [2.05, 4.69) is 22.5 Å². The summed E-state index contributed by atoms with van der Waals surface area (Å²) in [4.78, 5) is 17.9.